The Morgan fingerprint density at radius 3 is 2.62 bits per heavy atom. The maximum atomic E-state index is 12.3. The monoisotopic (exact) mass is 405 g/mol. The van der Waals surface area contributed by atoms with Crippen LogP contribution < -0.4 is 4.72 Å². The van der Waals surface area contributed by atoms with Crippen molar-refractivity contribution in [3.05, 3.63) is 50.7 Å². The Kier molecular flexibility index (Phi) is 4.74. The van der Waals surface area contributed by atoms with Crippen molar-refractivity contribution in [1.82, 2.24) is 4.98 Å². The van der Waals surface area contributed by atoms with Crippen molar-refractivity contribution in [2.45, 2.75) is 4.90 Å². The molecule has 0 aliphatic carbocycles. The molecular weight excluding hydrogens is 401 g/mol. The lowest BCUT2D eigenvalue weighted by Gasteiger charge is -2.10. The van der Waals surface area contributed by atoms with E-state index >= 15 is 0 Å². The minimum atomic E-state index is -3.92. The Labute approximate surface area is 139 Å². The number of pyridine rings is 1. The molecular formula is C12H6BrCl2N3O2S. The second-order valence-electron chi connectivity index (χ2n) is 3.85. The molecule has 1 N–H and O–H groups in total. The van der Waals surface area contributed by atoms with Gasteiger partial charge in [-0.05, 0) is 40.2 Å². The molecule has 1 aromatic heterocycles. The summed E-state index contributed by atoms with van der Waals surface area (Å²) in [4.78, 5) is 3.59. The summed E-state index contributed by atoms with van der Waals surface area (Å²) < 4.78 is 27.4. The molecule has 0 saturated carbocycles. The van der Waals surface area contributed by atoms with Gasteiger partial charge in [-0.2, -0.15) is 5.26 Å². The molecule has 1 heterocycles. The summed E-state index contributed by atoms with van der Waals surface area (Å²) >= 11 is 14.8. The van der Waals surface area contributed by atoms with Crippen LogP contribution in [0.15, 0.2) is 39.8 Å². The van der Waals surface area contributed by atoms with E-state index in [-0.39, 0.29) is 26.3 Å². The van der Waals surface area contributed by atoms with Gasteiger partial charge in [-0.25, -0.2) is 13.4 Å². The molecule has 0 saturated heterocycles. The van der Waals surface area contributed by atoms with E-state index in [1.807, 2.05) is 6.07 Å². The number of nitriles is 1. The summed E-state index contributed by atoms with van der Waals surface area (Å²) in [7, 11) is -3.92. The average Bonchev–Trinajstić information content (AvgIpc) is 2.41. The highest BCUT2D eigenvalue weighted by Gasteiger charge is 2.20. The van der Waals surface area contributed by atoms with Gasteiger partial charge in [0, 0.05) is 10.7 Å². The van der Waals surface area contributed by atoms with Crippen molar-refractivity contribution in [3.63, 3.8) is 0 Å². The fourth-order valence-corrected chi connectivity index (χ4v) is 3.69. The van der Waals surface area contributed by atoms with Crippen LogP contribution in [0.25, 0.3) is 0 Å². The van der Waals surface area contributed by atoms with E-state index in [9.17, 15) is 8.42 Å². The van der Waals surface area contributed by atoms with Crippen LogP contribution in [0.4, 0.5) is 5.69 Å². The van der Waals surface area contributed by atoms with Gasteiger partial charge in [-0.1, -0.05) is 23.2 Å². The van der Waals surface area contributed by atoms with Crippen LogP contribution in [0.1, 0.15) is 5.56 Å². The SMILES string of the molecule is N#Cc1ccc(NS(=O)(=O)c2cc(Br)cnc2Cl)cc1Cl. The summed E-state index contributed by atoms with van der Waals surface area (Å²) in [6.07, 6.45) is 1.39. The van der Waals surface area contributed by atoms with Gasteiger partial charge >= 0.3 is 0 Å². The first kappa shape index (κ1) is 16.0. The first-order chi connectivity index (χ1) is 9.83. The van der Waals surface area contributed by atoms with E-state index < -0.39 is 10.0 Å². The third-order valence-electron chi connectivity index (χ3n) is 2.40. The molecule has 2 rings (SSSR count). The normalized spacial score (nSPS) is 11.0. The molecule has 0 unspecified atom stereocenters. The summed E-state index contributed by atoms with van der Waals surface area (Å²) in [5.41, 5.74) is 0.469. The number of aromatic nitrogens is 1. The van der Waals surface area contributed by atoms with Crippen molar-refractivity contribution in [1.29, 1.82) is 5.26 Å². The number of benzene rings is 1. The number of nitrogens with zero attached hydrogens (tertiary/aromatic N) is 2. The standard InChI is InChI=1S/C12H6BrCl2N3O2S/c13-8-3-11(12(15)17-6-8)21(19,20)18-9-2-1-7(5-16)10(14)4-9/h1-4,6,18H. The molecule has 21 heavy (non-hydrogen) atoms. The van der Waals surface area contributed by atoms with Crippen molar-refractivity contribution >= 4 is 54.8 Å². The van der Waals surface area contributed by atoms with Crippen LogP contribution in [-0.4, -0.2) is 13.4 Å². The zero-order valence-electron chi connectivity index (χ0n) is 10.1. The van der Waals surface area contributed by atoms with Gasteiger partial charge in [-0.15, -0.1) is 0 Å². The van der Waals surface area contributed by atoms with Crippen molar-refractivity contribution in [3.8, 4) is 6.07 Å². The molecule has 108 valence electrons. The van der Waals surface area contributed by atoms with Gasteiger partial charge in [-0.3, -0.25) is 4.72 Å². The maximum Gasteiger partial charge on any atom is 0.265 e. The molecule has 0 atom stereocenters. The number of halogens is 3. The molecule has 0 fully saturated rings. The second kappa shape index (κ2) is 6.20. The fraction of sp³-hybridized carbons (Fsp3) is 0. The van der Waals surface area contributed by atoms with Gasteiger partial charge in [0.2, 0.25) is 0 Å². The summed E-state index contributed by atoms with van der Waals surface area (Å²) in [5, 5.41) is 8.78. The van der Waals surface area contributed by atoms with Crippen LogP contribution in [-0.2, 0) is 10.0 Å². The minimum Gasteiger partial charge on any atom is -0.279 e. The Morgan fingerprint density at radius 2 is 2.00 bits per heavy atom. The maximum absolute atomic E-state index is 12.3. The molecule has 0 bridgehead atoms. The van der Waals surface area contributed by atoms with Crippen molar-refractivity contribution in [2.24, 2.45) is 0 Å². The van der Waals surface area contributed by atoms with Crippen LogP contribution >= 0.6 is 39.1 Å². The van der Waals surface area contributed by atoms with Gasteiger partial charge in [0.15, 0.2) is 0 Å². The predicted octanol–water partition coefficient (Wildman–Crippen LogP) is 3.82. The number of hydrogen-bond acceptors (Lipinski definition) is 4. The third kappa shape index (κ3) is 3.66. The van der Waals surface area contributed by atoms with E-state index in [0.717, 1.165) is 0 Å². The molecule has 0 radical (unpaired) electrons. The lowest BCUT2D eigenvalue weighted by atomic mass is 10.2. The highest BCUT2D eigenvalue weighted by molar-refractivity contribution is 9.10. The van der Waals surface area contributed by atoms with Crippen LogP contribution in [0.3, 0.4) is 0 Å². The highest BCUT2D eigenvalue weighted by Crippen LogP contribution is 2.26. The average molecular weight is 407 g/mol. The lowest BCUT2D eigenvalue weighted by Crippen LogP contribution is -2.14. The van der Waals surface area contributed by atoms with Gasteiger partial charge in [0.05, 0.1) is 16.3 Å². The van der Waals surface area contributed by atoms with Crippen LogP contribution in [0.2, 0.25) is 10.2 Å². The second-order valence-corrected chi connectivity index (χ2v) is 7.19. The molecule has 0 aliphatic heterocycles. The van der Waals surface area contributed by atoms with E-state index in [0.29, 0.717) is 4.47 Å². The van der Waals surface area contributed by atoms with E-state index in [4.69, 9.17) is 28.5 Å². The number of nitrogens with one attached hydrogen (secondary N) is 1. The topological polar surface area (TPSA) is 82.9 Å². The fourth-order valence-electron chi connectivity index (χ4n) is 1.47. The van der Waals surface area contributed by atoms with Gasteiger partial charge in [0.25, 0.3) is 10.0 Å². The van der Waals surface area contributed by atoms with Gasteiger partial charge < -0.3 is 0 Å². The number of sulfonamides is 1. The Hall–Kier alpha value is -1.33. The lowest BCUT2D eigenvalue weighted by molar-refractivity contribution is 0.601. The molecule has 1 aromatic carbocycles. The first-order valence-electron chi connectivity index (χ1n) is 5.37. The third-order valence-corrected chi connectivity index (χ3v) is 4.96. The number of anilines is 1. The number of hydrogen-bond donors (Lipinski definition) is 1. The zero-order chi connectivity index (χ0) is 15.6. The first-order valence-corrected chi connectivity index (χ1v) is 8.40. The minimum absolute atomic E-state index is 0.148. The summed E-state index contributed by atoms with van der Waals surface area (Å²) in [6, 6.07) is 7.42. The van der Waals surface area contributed by atoms with Crippen LogP contribution in [0, 0.1) is 11.3 Å². The summed E-state index contributed by atoms with van der Waals surface area (Å²) in [6.45, 7) is 0. The van der Waals surface area contributed by atoms with Crippen molar-refractivity contribution in [2.75, 3.05) is 4.72 Å². The smallest absolute Gasteiger partial charge is 0.265 e. The molecule has 2 aromatic rings. The molecule has 9 heteroatoms. The zero-order valence-corrected chi connectivity index (χ0v) is 14.1. The Bertz CT molecular complexity index is 850. The molecule has 5 nitrogen and oxygen atoms in total. The van der Waals surface area contributed by atoms with Crippen molar-refractivity contribution < 1.29 is 8.42 Å². The van der Waals surface area contributed by atoms with E-state index in [1.165, 1.54) is 30.5 Å². The largest absolute Gasteiger partial charge is 0.279 e. The molecule has 0 spiro atoms. The van der Waals surface area contributed by atoms with E-state index in [1.54, 1.807) is 0 Å². The van der Waals surface area contributed by atoms with Gasteiger partial charge in [0.1, 0.15) is 16.1 Å². The van der Waals surface area contributed by atoms with Crippen LogP contribution in [0.5, 0.6) is 0 Å². The Balaban J connectivity index is 2.40. The number of rotatable bonds is 3. The molecule has 0 amide bonds. The Morgan fingerprint density at radius 1 is 1.29 bits per heavy atom. The summed E-state index contributed by atoms with van der Waals surface area (Å²) in [5.74, 6) is 0. The highest BCUT2D eigenvalue weighted by atomic mass is 79.9. The quantitative estimate of drug-likeness (QED) is 0.785. The predicted molar refractivity (Wildman–Crippen MR) is 83.9 cm³/mol. The molecule has 0 aliphatic rings. The van der Waals surface area contributed by atoms with E-state index in [2.05, 4.69) is 25.6 Å².